The maximum atomic E-state index is 12.7. The lowest BCUT2D eigenvalue weighted by Crippen LogP contribution is -2.45. The highest BCUT2D eigenvalue weighted by Crippen LogP contribution is 2.61. The standard InChI is InChI=1S/C31H36F6O3.C2H6/c1-29-15-14-24-23-11-9-22(40-19-20-6-3-2-4-7-20)18-21(23)8-10-25(24)26(29)12-13-27(29)38-16-5-17-39-28(30(32,33)34)31(35,36)37;1-2/h2-4,6-7,9,11,18,24-28H,5,8,10,12-17,19H2,1H3;1-2H3. The molecule has 42 heavy (non-hydrogen) atoms. The Balaban J connectivity index is 0.00000198. The molecular weight excluding hydrogens is 558 g/mol. The highest BCUT2D eigenvalue weighted by molar-refractivity contribution is 5.41. The fourth-order valence-electron chi connectivity index (χ4n) is 7.48. The van der Waals surface area contributed by atoms with E-state index in [0.29, 0.717) is 24.4 Å². The van der Waals surface area contributed by atoms with E-state index in [0.717, 1.165) is 49.8 Å². The second kappa shape index (κ2) is 13.6. The van der Waals surface area contributed by atoms with E-state index < -0.39 is 25.1 Å². The molecule has 5 atom stereocenters. The van der Waals surface area contributed by atoms with Gasteiger partial charge in [-0.3, -0.25) is 0 Å². The first kappa shape index (κ1) is 32.6. The third-order valence-electron chi connectivity index (χ3n) is 9.35. The molecule has 234 valence electrons. The third kappa shape index (κ3) is 7.26. The van der Waals surface area contributed by atoms with E-state index in [9.17, 15) is 26.3 Å². The zero-order valence-corrected chi connectivity index (χ0v) is 24.6. The molecule has 3 nitrogen and oxygen atoms in total. The molecule has 0 N–H and O–H groups in total. The van der Waals surface area contributed by atoms with Gasteiger partial charge in [-0.25, -0.2) is 0 Å². The molecule has 2 saturated carbocycles. The lowest BCUT2D eigenvalue weighted by atomic mass is 9.55. The van der Waals surface area contributed by atoms with Crippen LogP contribution in [0, 0.1) is 17.3 Å². The highest BCUT2D eigenvalue weighted by Gasteiger charge is 2.58. The number of halogens is 6. The first-order valence-corrected chi connectivity index (χ1v) is 15.1. The van der Waals surface area contributed by atoms with Crippen molar-refractivity contribution in [3.8, 4) is 5.75 Å². The molecule has 5 unspecified atom stereocenters. The van der Waals surface area contributed by atoms with Gasteiger partial charge in [-0.05, 0) is 96.9 Å². The van der Waals surface area contributed by atoms with Gasteiger partial charge in [0.1, 0.15) is 12.4 Å². The summed E-state index contributed by atoms with van der Waals surface area (Å²) in [6.45, 7) is 6.21. The lowest BCUT2D eigenvalue weighted by Gasteiger charge is -2.50. The second-order valence-electron chi connectivity index (χ2n) is 11.7. The largest absolute Gasteiger partial charge is 0.489 e. The number of benzene rings is 2. The number of rotatable bonds is 9. The average Bonchev–Trinajstić information content (AvgIpc) is 3.29. The van der Waals surface area contributed by atoms with Crippen LogP contribution >= 0.6 is 0 Å². The first-order chi connectivity index (χ1) is 20.0. The summed E-state index contributed by atoms with van der Waals surface area (Å²) in [5.74, 6) is 2.39. The van der Waals surface area contributed by atoms with Crippen LogP contribution in [0.5, 0.6) is 5.75 Å². The third-order valence-corrected chi connectivity index (χ3v) is 9.35. The molecule has 2 aromatic rings. The number of ether oxygens (including phenoxy) is 3. The summed E-state index contributed by atoms with van der Waals surface area (Å²) in [7, 11) is 0. The van der Waals surface area contributed by atoms with E-state index in [1.807, 2.05) is 44.2 Å². The predicted octanol–water partition coefficient (Wildman–Crippen LogP) is 9.43. The van der Waals surface area contributed by atoms with Gasteiger partial charge < -0.3 is 14.2 Å². The summed E-state index contributed by atoms with van der Waals surface area (Å²) < 4.78 is 92.4. The molecule has 0 saturated heterocycles. The summed E-state index contributed by atoms with van der Waals surface area (Å²) in [6.07, 6.45) is -8.81. The molecule has 2 aromatic carbocycles. The Labute approximate surface area is 244 Å². The van der Waals surface area contributed by atoms with Crippen molar-refractivity contribution in [1.82, 2.24) is 0 Å². The Morgan fingerprint density at radius 1 is 0.881 bits per heavy atom. The molecule has 3 aliphatic rings. The number of fused-ring (bicyclic) bond motifs is 5. The molecule has 0 bridgehead atoms. The molecule has 9 heteroatoms. The number of aryl methyl sites for hydroxylation is 1. The minimum Gasteiger partial charge on any atom is -0.489 e. The van der Waals surface area contributed by atoms with E-state index in [-0.39, 0.29) is 24.5 Å². The Bertz CT molecular complexity index is 1120. The van der Waals surface area contributed by atoms with Crippen LogP contribution in [0.3, 0.4) is 0 Å². The minimum atomic E-state index is -5.49. The second-order valence-corrected chi connectivity index (χ2v) is 11.7. The zero-order chi connectivity index (χ0) is 30.5. The summed E-state index contributed by atoms with van der Waals surface area (Å²) in [4.78, 5) is 0. The smallest absolute Gasteiger partial charge is 0.423 e. The van der Waals surface area contributed by atoms with Crippen molar-refractivity contribution in [3.63, 3.8) is 0 Å². The molecule has 0 amide bonds. The SMILES string of the molecule is CC.CC12CCC3c4ccc(OCc5ccccc5)cc4CCC3C1CCC2OCCCOC(C(F)(F)F)C(F)(F)F. The van der Waals surface area contributed by atoms with Crippen LogP contribution in [0.25, 0.3) is 0 Å². The topological polar surface area (TPSA) is 27.7 Å². The fourth-order valence-corrected chi connectivity index (χ4v) is 7.48. The molecule has 0 radical (unpaired) electrons. The molecule has 5 rings (SSSR count). The van der Waals surface area contributed by atoms with Gasteiger partial charge in [0.2, 0.25) is 6.10 Å². The monoisotopic (exact) mass is 600 g/mol. The predicted molar refractivity (Wildman–Crippen MR) is 149 cm³/mol. The van der Waals surface area contributed by atoms with E-state index in [1.165, 1.54) is 11.1 Å². The summed E-state index contributed by atoms with van der Waals surface area (Å²) in [5.41, 5.74) is 3.86. The quantitative estimate of drug-likeness (QED) is 0.212. The van der Waals surface area contributed by atoms with Crippen molar-refractivity contribution in [2.24, 2.45) is 17.3 Å². The Morgan fingerprint density at radius 3 is 2.29 bits per heavy atom. The van der Waals surface area contributed by atoms with Gasteiger partial charge in [0.15, 0.2) is 0 Å². The van der Waals surface area contributed by atoms with Crippen LogP contribution in [0.2, 0.25) is 0 Å². The van der Waals surface area contributed by atoms with Gasteiger partial charge in [0, 0.05) is 13.2 Å². The van der Waals surface area contributed by atoms with Crippen molar-refractivity contribution < 1.29 is 40.6 Å². The van der Waals surface area contributed by atoms with E-state index in [4.69, 9.17) is 9.47 Å². The zero-order valence-electron chi connectivity index (χ0n) is 24.6. The van der Waals surface area contributed by atoms with Crippen LogP contribution < -0.4 is 4.74 Å². The van der Waals surface area contributed by atoms with Gasteiger partial charge in [-0.15, -0.1) is 0 Å². The number of hydrogen-bond donors (Lipinski definition) is 0. The van der Waals surface area contributed by atoms with Gasteiger partial charge in [0.05, 0.1) is 6.10 Å². The molecule has 0 aliphatic heterocycles. The lowest BCUT2D eigenvalue weighted by molar-refractivity contribution is -0.322. The number of hydrogen-bond acceptors (Lipinski definition) is 3. The van der Waals surface area contributed by atoms with Crippen molar-refractivity contribution in [3.05, 3.63) is 65.2 Å². The normalized spacial score (nSPS) is 27.0. The molecule has 3 aliphatic carbocycles. The highest BCUT2D eigenvalue weighted by atomic mass is 19.4. The summed E-state index contributed by atoms with van der Waals surface area (Å²) in [6, 6.07) is 16.6. The van der Waals surface area contributed by atoms with Crippen LogP contribution in [0.4, 0.5) is 26.3 Å². The van der Waals surface area contributed by atoms with E-state index >= 15 is 0 Å². The molecule has 0 spiro atoms. The minimum absolute atomic E-state index is 0.0198. The summed E-state index contributed by atoms with van der Waals surface area (Å²) in [5, 5.41) is 0. The van der Waals surface area contributed by atoms with Gasteiger partial charge in [0.25, 0.3) is 0 Å². The maximum absolute atomic E-state index is 12.7. The Hall–Kier alpha value is -2.26. The number of alkyl halides is 6. The van der Waals surface area contributed by atoms with Crippen molar-refractivity contribution >= 4 is 0 Å². The van der Waals surface area contributed by atoms with Gasteiger partial charge in [-0.1, -0.05) is 57.2 Å². The molecular formula is C33H42F6O3. The van der Waals surface area contributed by atoms with Crippen LogP contribution in [-0.2, 0) is 22.5 Å². The van der Waals surface area contributed by atoms with Crippen LogP contribution in [0.15, 0.2) is 48.5 Å². The van der Waals surface area contributed by atoms with Gasteiger partial charge >= 0.3 is 12.4 Å². The van der Waals surface area contributed by atoms with E-state index in [1.54, 1.807) is 0 Å². The average molecular weight is 601 g/mol. The molecule has 2 fully saturated rings. The van der Waals surface area contributed by atoms with Crippen LogP contribution in [0.1, 0.15) is 81.9 Å². The first-order valence-electron chi connectivity index (χ1n) is 15.1. The van der Waals surface area contributed by atoms with E-state index in [2.05, 4.69) is 29.9 Å². The molecule has 0 aromatic heterocycles. The Kier molecular flexibility index (Phi) is 10.6. The fraction of sp³-hybridized carbons (Fsp3) is 0.636. The van der Waals surface area contributed by atoms with Crippen LogP contribution in [-0.4, -0.2) is 37.8 Å². The van der Waals surface area contributed by atoms with Crippen molar-refractivity contribution in [1.29, 1.82) is 0 Å². The van der Waals surface area contributed by atoms with Crippen molar-refractivity contribution in [2.45, 2.75) is 103 Å². The molecule has 0 heterocycles. The Morgan fingerprint density at radius 2 is 1.60 bits per heavy atom. The summed E-state index contributed by atoms with van der Waals surface area (Å²) >= 11 is 0. The van der Waals surface area contributed by atoms with Crippen molar-refractivity contribution in [2.75, 3.05) is 13.2 Å². The van der Waals surface area contributed by atoms with Gasteiger partial charge in [-0.2, -0.15) is 26.3 Å². The maximum Gasteiger partial charge on any atom is 0.423 e.